The second-order valence-corrected chi connectivity index (χ2v) is 6.49. The van der Waals surface area contributed by atoms with Crippen molar-refractivity contribution in [1.29, 1.82) is 0 Å². The van der Waals surface area contributed by atoms with Gasteiger partial charge in [-0.25, -0.2) is 0 Å². The maximum absolute atomic E-state index is 11.7. The Kier molecular flexibility index (Phi) is 2.89. The number of carbonyl (C=O) groups is 1. The molecule has 1 aromatic rings. The van der Waals surface area contributed by atoms with Crippen LogP contribution in [0.2, 0.25) is 5.02 Å². The van der Waals surface area contributed by atoms with E-state index in [0.29, 0.717) is 23.3 Å². The van der Waals surface area contributed by atoms with Gasteiger partial charge in [-0.1, -0.05) is 18.5 Å². The van der Waals surface area contributed by atoms with E-state index in [1.54, 1.807) is 4.68 Å². The summed E-state index contributed by atoms with van der Waals surface area (Å²) in [7, 11) is 1.85. The number of rotatable bonds is 4. The lowest BCUT2D eigenvalue weighted by Crippen LogP contribution is -2.32. The highest BCUT2D eigenvalue weighted by Crippen LogP contribution is 2.61. The Bertz CT molecular complexity index is 528. The van der Waals surface area contributed by atoms with Gasteiger partial charge in [0.15, 0.2) is 0 Å². The number of aliphatic carboxylic acids is 1. The molecular weight excluding hydrogens is 264 g/mol. The summed E-state index contributed by atoms with van der Waals surface area (Å²) in [5.41, 5.74) is 1.13. The molecule has 1 heterocycles. The fourth-order valence-electron chi connectivity index (χ4n) is 3.62. The molecule has 0 spiro atoms. The normalized spacial score (nSPS) is 32.4. The lowest BCUT2D eigenvalue weighted by molar-refractivity contribution is -0.149. The first-order valence-electron chi connectivity index (χ1n) is 6.90. The van der Waals surface area contributed by atoms with Gasteiger partial charge in [-0.2, -0.15) is 5.10 Å². The van der Waals surface area contributed by atoms with Crippen molar-refractivity contribution in [1.82, 2.24) is 9.78 Å². The van der Waals surface area contributed by atoms with E-state index in [9.17, 15) is 9.90 Å². The zero-order valence-corrected chi connectivity index (χ0v) is 12.1. The van der Waals surface area contributed by atoms with Gasteiger partial charge in [0.1, 0.15) is 0 Å². The van der Waals surface area contributed by atoms with Gasteiger partial charge >= 0.3 is 5.97 Å². The van der Waals surface area contributed by atoms with E-state index >= 15 is 0 Å². The Morgan fingerprint density at radius 2 is 2.16 bits per heavy atom. The molecular formula is C14H19ClN2O2. The summed E-state index contributed by atoms with van der Waals surface area (Å²) >= 11 is 6.35. The predicted molar refractivity (Wildman–Crippen MR) is 72.2 cm³/mol. The van der Waals surface area contributed by atoms with Crippen molar-refractivity contribution in [2.24, 2.45) is 24.3 Å². The van der Waals surface area contributed by atoms with Gasteiger partial charge in [0.05, 0.1) is 21.8 Å². The Morgan fingerprint density at radius 1 is 1.53 bits per heavy atom. The fourth-order valence-corrected chi connectivity index (χ4v) is 3.98. The van der Waals surface area contributed by atoms with E-state index < -0.39 is 11.4 Å². The molecule has 4 nitrogen and oxygen atoms in total. The molecule has 104 valence electrons. The summed E-state index contributed by atoms with van der Waals surface area (Å²) in [6.07, 6.45) is 4.11. The Balaban J connectivity index is 1.91. The largest absolute Gasteiger partial charge is 0.481 e. The smallest absolute Gasteiger partial charge is 0.310 e. The molecule has 19 heavy (non-hydrogen) atoms. The van der Waals surface area contributed by atoms with E-state index in [1.807, 2.05) is 14.0 Å². The maximum atomic E-state index is 11.7. The van der Waals surface area contributed by atoms with Crippen LogP contribution in [0.1, 0.15) is 37.6 Å². The second kappa shape index (κ2) is 4.23. The van der Waals surface area contributed by atoms with E-state index in [2.05, 4.69) is 5.10 Å². The zero-order chi connectivity index (χ0) is 13.8. The standard InChI is InChI=1S/C14H19ClN2O2/c1-3-10-12(15)11(17(2)16-10)7-14(13(18)19)5-8-4-9(8)6-14/h8-9H,3-7H2,1-2H3,(H,18,19). The third kappa shape index (κ3) is 1.97. The molecule has 3 rings (SSSR count). The minimum Gasteiger partial charge on any atom is -0.481 e. The second-order valence-electron chi connectivity index (χ2n) is 6.11. The minimum atomic E-state index is -0.671. The van der Waals surface area contributed by atoms with Crippen LogP contribution in [0.5, 0.6) is 0 Å². The lowest BCUT2D eigenvalue weighted by atomic mass is 9.78. The maximum Gasteiger partial charge on any atom is 0.310 e. The molecule has 0 saturated heterocycles. The zero-order valence-electron chi connectivity index (χ0n) is 11.3. The molecule has 2 saturated carbocycles. The van der Waals surface area contributed by atoms with Gasteiger partial charge in [0.25, 0.3) is 0 Å². The molecule has 5 heteroatoms. The van der Waals surface area contributed by atoms with Crippen LogP contribution in [0, 0.1) is 17.3 Å². The van der Waals surface area contributed by atoms with Crippen LogP contribution >= 0.6 is 11.6 Å². The van der Waals surface area contributed by atoms with E-state index in [0.717, 1.165) is 30.7 Å². The van der Waals surface area contributed by atoms with Gasteiger partial charge < -0.3 is 5.11 Å². The average molecular weight is 283 g/mol. The molecule has 0 aliphatic heterocycles. The highest BCUT2D eigenvalue weighted by molar-refractivity contribution is 6.31. The fraction of sp³-hybridized carbons (Fsp3) is 0.714. The van der Waals surface area contributed by atoms with Crippen LogP contribution < -0.4 is 0 Å². The number of halogens is 1. The van der Waals surface area contributed by atoms with Crippen molar-refractivity contribution in [2.75, 3.05) is 0 Å². The first-order chi connectivity index (χ1) is 8.97. The number of fused-ring (bicyclic) bond motifs is 1. The number of hydrogen-bond donors (Lipinski definition) is 1. The number of carboxylic acid groups (broad SMARTS) is 1. The van der Waals surface area contributed by atoms with Gasteiger partial charge in [-0.15, -0.1) is 0 Å². The SMILES string of the molecule is CCc1nn(C)c(CC2(C(=O)O)CC3CC3C2)c1Cl. The molecule has 0 amide bonds. The van der Waals surface area contributed by atoms with Crippen LogP contribution in [0.25, 0.3) is 0 Å². The van der Waals surface area contributed by atoms with E-state index in [4.69, 9.17) is 11.6 Å². The number of hydrogen-bond acceptors (Lipinski definition) is 2. The van der Waals surface area contributed by atoms with Gasteiger partial charge in [-0.05, 0) is 37.5 Å². The summed E-state index contributed by atoms with van der Waals surface area (Å²) in [5, 5.41) is 14.7. The molecule has 2 aliphatic rings. The number of nitrogens with zero attached hydrogens (tertiary/aromatic N) is 2. The number of aromatic nitrogens is 2. The third-order valence-corrected chi connectivity index (χ3v) is 5.27. The molecule has 2 fully saturated rings. The minimum absolute atomic E-state index is 0.512. The average Bonchev–Trinajstić information content (AvgIpc) is 2.89. The summed E-state index contributed by atoms with van der Waals surface area (Å²) < 4.78 is 1.76. The van der Waals surface area contributed by atoms with Crippen LogP contribution in [0.15, 0.2) is 0 Å². The molecule has 0 radical (unpaired) electrons. The molecule has 0 aromatic carbocycles. The van der Waals surface area contributed by atoms with Gasteiger partial charge in [0, 0.05) is 13.5 Å². The number of carboxylic acids is 1. The highest BCUT2D eigenvalue weighted by Gasteiger charge is 2.57. The monoisotopic (exact) mass is 282 g/mol. The van der Waals surface area contributed by atoms with Crippen molar-refractivity contribution in [2.45, 2.75) is 39.0 Å². The topological polar surface area (TPSA) is 55.1 Å². The summed E-state index contributed by atoms with van der Waals surface area (Å²) in [6.45, 7) is 2.01. The van der Waals surface area contributed by atoms with Crippen LogP contribution in [0.3, 0.4) is 0 Å². The Morgan fingerprint density at radius 3 is 2.63 bits per heavy atom. The number of aryl methyl sites for hydroxylation is 2. The van der Waals surface area contributed by atoms with Crippen molar-refractivity contribution < 1.29 is 9.90 Å². The highest BCUT2D eigenvalue weighted by atomic mass is 35.5. The first kappa shape index (κ1) is 13.0. The molecule has 2 aliphatic carbocycles. The quantitative estimate of drug-likeness (QED) is 0.924. The first-order valence-corrected chi connectivity index (χ1v) is 7.28. The molecule has 0 bridgehead atoms. The summed E-state index contributed by atoms with van der Waals surface area (Å²) in [4.78, 5) is 11.7. The van der Waals surface area contributed by atoms with Crippen molar-refractivity contribution >= 4 is 17.6 Å². The predicted octanol–water partition coefficient (Wildman–Crippen LogP) is 2.68. The van der Waals surface area contributed by atoms with Crippen LogP contribution in [0.4, 0.5) is 0 Å². The molecule has 2 unspecified atom stereocenters. The molecule has 1 N–H and O–H groups in total. The van der Waals surface area contributed by atoms with Crippen LogP contribution in [-0.2, 0) is 24.7 Å². The molecule has 1 aromatic heterocycles. The van der Waals surface area contributed by atoms with Crippen LogP contribution in [-0.4, -0.2) is 20.9 Å². The van der Waals surface area contributed by atoms with E-state index in [1.165, 1.54) is 6.42 Å². The third-order valence-electron chi connectivity index (χ3n) is 4.84. The Hall–Kier alpha value is -1.03. The van der Waals surface area contributed by atoms with Crippen molar-refractivity contribution in [3.8, 4) is 0 Å². The lowest BCUT2D eigenvalue weighted by Gasteiger charge is -2.26. The van der Waals surface area contributed by atoms with E-state index in [-0.39, 0.29) is 0 Å². The van der Waals surface area contributed by atoms with Gasteiger partial charge in [-0.3, -0.25) is 9.48 Å². The van der Waals surface area contributed by atoms with Gasteiger partial charge in [0.2, 0.25) is 0 Å². The molecule has 2 atom stereocenters. The van der Waals surface area contributed by atoms with Crippen molar-refractivity contribution in [3.63, 3.8) is 0 Å². The van der Waals surface area contributed by atoms with Crippen molar-refractivity contribution in [3.05, 3.63) is 16.4 Å². The Labute approximate surface area is 117 Å². The summed E-state index contributed by atoms with van der Waals surface area (Å²) in [6, 6.07) is 0. The summed E-state index contributed by atoms with van der Waals surface area (Å²) in [5.74, 6) is 0.595.